The molecule has 0 rings (SSSR count). The van der Waals surface area contributed by atoms with E-state index in [2.05, 4.69) is 54.5 Å². The maximum atomic E-state index is 11.1. The summed E-state index contributed by atoms with van der Waals surface area (Å²) in [4.78, 5) is 11.1. The van der Waals surface area contributed by atoms with Crippen LogP contribution in [0.1, 0.15) is 87.5 Å². The summed E-state index contributed by atoms with van der Waals surface area (Å²) >= 11 is 0. The highest BCUT2D eigenvalue weighted by molar-refractivity contribution is 6.77. The summed E-state index contributed by atoms with van der Waals surface area (Å²) in [5.74, 6) is 0.330. The van der Waals surface area contributed by atoms with Gasteiger partial charge in [0, 0.05) is 12.0 Å². The lowest BCUT2D eigenvalue weighted by Gasteiger charge is -2.43. The third kappa shape index (κ3) is 7.00. The van der Waals surface area contributed by atoms with Crippen LogP contribution in [0.3, 0.4) is 0 Å². The van der Waals surface area contributed by atoms with Crippen molar-refractivity contribution in [3.8, 4) is 0 Å². The van der Waals surface area contributed by atoms with Gasteiger partial charge >= 0.3 is 5.97 Å². The minimum Gasteiger partial charge on any atom is -0.546 e. The van der Waals surface area contributed by atoms with Crippen molar-refractivity contribution in [1.82, 2.24) is 0 Å². The normalized spacial score (nSPS) is 13.9. The maximum Gasteiger partial charge on any atom is 0.331 e. The van der Waals surface area contributed by atoms with E-state index in [0.29, 0.717) is 28.6 Å². The molecular weight excluding hydrogens is 328 g/mol. The summed E-state index contributed by atoms with van der Waals surface area (Å²) in [6, 6.07) is 0. The zero-order chi connectivity index (χ0) is 19.6. The van der Waals surface area contributed by atoms with Crippen LogP contribution in [-0.2, 0) is 9.22 Å². The number of carbonyl (C=O) groups is 1. The van der Waals surface area contributed by atoms with Crippen molar-refractivity contribution in [3.63, 3.8) is 0 Å². The molecule has 0 spiro atoms. The predicted molar refractivity (Wildman–Crippen MR) is 110 cm³/mol. The van der Waals surface area contributed by atoms with Crippen LogP contribution in [0.25, 0.3) is 0 Å². The Kier molecular flexibility index (Phi) is 11.1. The molecule has 0 heterocycles. The maximum absolute atomic E-state index is 11.1. The van der Waals surface area contributed by atoms with Gasteiger partial charge in [0.05, 0.1) is 5.76 Å². The van der Waals surface area contributed by atoms with Gasteiger partial charge in [0.25, 0.3) is 8.32 Å². The fourth-order valence-corrected chi connectivity index (χ4v) is 9.34. The minimum absolute atomic E-state index is 0.511. The van der Waals surface area contributed by atoms with E-state index in [0.717, 1.165) is 31.4 Å². The fraction of sp³-hybridized carbons (Fsp3) is 0.762. The zero-order valence-corrected chi connectivity index (χ0v) is 18.7. The Morgan fingerprint density at radius 1 is 1.00 bits per heavy atom. The van der Waals surface area contributed by atoms with E-state index in [-0.39, 0.29) is 0 Å². The third-order valence-electron chi connectivity index (χ3n) is 5.19. The first-order valence-corrected chi connectivity index (χ1v) is 12.0. The highest BCUT2D eigenvalue weighted by Gasteiger charge is 2.47. The van der Waals surface area contributed by atoms with Gasteiger partial charge in [0.1, 0.15) is 0 Å². The van der Waals surface area contributed by atoms with Crippen molar-refractivity contribution in [3.05, 3.63) is 23.5 Å². The zero-order valence-electron chi connectivity index (χ0n) is 17.7. The van der Waals surface area contributed by atoms with Crippen molar-refractivity contribution < 1.29 is 14.3 Å². The molecule has 4 heteroatoms. The molecule has 0 aliphatic rings. The van der Waals surface area contributed by atoms with Crippen LogP contribution in [0.5, 0.6) is 0 Å². The van der Waals surface area contributed by atoms with Crippen LogP contribution >= 0.6 is 0 Å². The topological polar surface area (TPSA) is 46.5 Å². The largest absolute Gasteiger partial charge is 0.546 e. The molecule has 0 unspecified atom stereocenters. The van der Waals surface area contributed by atoms with Crippen LogP contribution in [0.15, 0.2) is 23.5 Å². The molecule has 0 aliphatic heterocycles. The van der Waals surface area contributed by atoms with Crippen LogP contribution in [0.2, 0.25) is 16.6 Å². The molecule has 0 bridgehead atoms. The van der Waals surface area contributed by atoms with Crippen LogP contribution in [0, 0.1) is 0 Å². The fourth-order valence-electron chi connectivity index (χ4n) is 3.99. The summed E-state index contributed by atoms with van der Waals surface area (Å²) in [7, 11) is -1.91. The summed E-state index contributed by atoms with van der Waals surface area (Å²) in [6.45, 7) is 17.8. The molecular formula is C21H40O3Si. The number of aliphatic carboxylic acids is 1. The van der Waals surface area contributed by atoms with E-state index >= 15 is 0 Å². The Hall–Kier alpha value is -1.03. The molecule has 0 aromatic rings. The predicted octanol–water partition coefficient (Wildman–Crippen LogP) is 7.06. The van der Waals surface area contributed by atoms with Gasteiger partial charge in [-0.3, -0.25) is 0 Å². The number of rotatable bonds is 12. The second kappa shape index (κ2) is 11.6. The molecule has 25 heavy (non-hydrogen) atoms. The number of carboxylic acids is 1. The number of hydrogen-bond acceptors (Lipinski definition) is 2. The van der Waals surface area contributed by atoms with Gasteiger partial charge in [-0.15, -0.1) is 0 Å². The van der Waals surface area contributed by atoms with Crippen molar-refractivity contribution in [2.75, 3.05) is 0 Å². The standard InChI is InChI=1S/C21H40O3Si/c1-9-13-20(15-12-11-14-19(10-2)21(22)23)24-25(16(3)4,17(5)6)18(7)8/h10,13,16-18H,9,11-12,14-15H2,1-8H3,(H,22,23)/b19-10+,20-13+. The van der Waals surface area contributed by atoms with Crippen molar-refractivity contribution >= 4 is 14.3 Å². The van der Waals surface area contributed by atoms with E-state index in [1.54, 1.807) is 13.0 Å². The molecule has 0 radical (unpaired) electrons. The molecule has 0 saturated heterocycles. The first kappa shape index (κ1) is 24.0. The molecule has 0 saturated carbocycles. The quantitative estimate of drug-likeness (QED) is 0.173. The average Bonchev–Trinajstić information content (AvgIpc) is 2.50. The summed E-state index contributed by atoms with van der Waals surface area (Å²) < 4.78 is 6.81. The second-order valence-corrected chi connectivity index (χ2v) is 13.2. The van der Waals surface area contributed by atoms with Gasteiger partial charge < -0.3 is 9.53 Å². The highest BCUT2D eigenvalue weighted by atomic mass is 28.4. The summed E-state index contributed by atoms with van der Waals surface area (Å²) in [5, 5.41) is 9.10. The van der Waals surface area contributed by atoms with Gasteiger partial charge in [-0.25, -0.2) is 4.79 Å². The van der Waals surface area contributed by atoms with Crippen molar-refractivity contribution in [2.45, 2.75) is 104 Å². The van der Waals surface area contributed by atoms with E-state index in [9.17, 15) is 4.79 Å². The van der Waals surface area contributed by atoms with Gasteiger partial charge in [0.2, 0.25) is 0 Å². The SMILES string of the molecule is C/C=C(\CCCC/C(=C\CC)O[Si](C(C)C)(C(C)C)C(C)C)C(=O)O. The van der Waals surface area contributed by atoms with Crippen LogP contribution < -0.4 is 0 Å². The summed E-state index contributed by atoms with van der Waals surface area (Å²) in [6.07, 6.45) is 8.30. The lowest BCUT2D eigenvalue weighted by molar-refractivity contribution is -0.132. The first-order valence-electron chi connectivity index (χ1n) is 9.89. The van der Waals surface area contributed by atoms with E-state index in [4.69, 9.17) is 9.53 Å². The molecule has 0 atom stereocenters. The van der Waals surface area contributed by atoms with Crippen molar-refractivity contribution in [2.24, 2.45) is 0 Å². The van der Waals surface area contributed by atoms with Gasteiger partial charge in [-0.1, -0.05) is 54.5 Å². The number of unbranched alkanes of at least 4 members (excludes halogenated alkanes) is 1. The lowest BCUT2D eigenvalue weighted by Crippen LogP contribution is -2.47. The first-order chi connectivity index (χ1) is 11.6. The molecule has 0 fully saturated rings. The smallest absolute Gasteiger partial charge is 0.331 e. The Balaban J connectivity index is 5.01. The Morgan fingerprint density at radius 3 is 1.84 bits per heavy atom. The molecule has 3 nitrogen and oxygen atoms in total. The highest BCUT2D eigenvalue weighted by Crippen LogP contribution is 2.44. The molecule has 146 valence electrons. The molecule has 0 amide bonds. The monoisotopic (exact) mass is 368 g/mol. The number of hydrogen-bond donors (Lipinski definition) is 1. The number of carboxylic acid groups (broad SMARTS) is 1. The minimum atomic E-state index is -1.91. The lowest BCUT2D eigenvalue weighted by atomic mass is 10.1. The van der Waals surface area contributed by atoms with Crippen LogP contribution in [-0.4, -0.2) is 19.4 Å². The molecule has 0 aromatic carbocycles. The van der Waals surface area contributed by atoms with E-state index in [1.807, 2.05) is 0 Å². The van der Waals surface area contributed by atoms with E-state index < -0.39 is 14.3 Å². The number of allylic oxidation sites excluding steroid dienone is 3. The van der Waals surface area contributed by atoms with Gasteiger partial charge in [0.15, 0.2) is 0 Å². The summed E-state index contributed by atoms with van der Waals surface area (Å²) in [5.41, 5.74) is 2.20. The molecule has 0 aromatic heterocycles. The molecule has 0 aliphatic carbocycles. The average molecular weight is 369 g/mol. The Bertz CT molecular complexity index is 440. The van der Waals surface area contributed by atoms with Crippen LogP contribution in [0.4, 0.5) is 0 Å². The Morgan fingerprint density at radius 2 is 1.48 bits per heavy atom. The second-order valence-electron chi connectivity index (χ2n) is 7.82. The molecule has 1 N–H and O–H groups in total. The third-order valence-corrected chi connectivity index (χ3v) is 11.2. The van der Waals surface area contributed by atoms with Gasteiger partial charge in [-0.05, 0) is 55.3 Å². The van der Waals surface area contributed by atoms with Crippen molar-refractivity contribution in [1.29, 1.82) is 0 Å². The Labute approximate surface area is 156 Å². The van der Waals surface area contributed by atoms with E-state index in [1.165, 1.54) is 0 Å². The van der Waals surface area contributed by atoms with Gasteiger partial charge in [-0.2, -0.15) is 0 Å².